The van der Waals surface area contributed by atoms with Crippen LogP contribution in [0.4, 0.5) is 5.95 Å². The number of carbonyl (C=O) groups is 1. The van der Waals surface area contributed by atoms with Gasteiger partial charge in [0.2, 0.25) is 11.9 Å². The van der Waals surface area contributed by atoms with Crippen molar-refractivity contribution in [2.75, 3.05) is 11.2 Å². The van der Waals surface area contributed by atoms with E-state index in [9.17, 15) is 4.79 Å². The molecule has 0 saturated heterocycles. The van der Waals surface area contributed by atoms with Gasteiger partial charge in [-0.2, -0.15) is 5.10 Å². The van der Waals surface area contributed by atoms with E-state index in [1.54, 1.807) is 0 Å². The lowest BCUT2D eigenvalue weighted by molar-refractivity contribution is -0.116. The highest BCUT2D eigenvalue weighted by Gasteiger charge is 2.02. The van der Waals surface area contributed by atoms with Gasteiger partial charge in [-0.25, -0.2) is 4.98 Å². The fourth-order valence-corrected chi connectivity index (χ4v) is 0.853. The Balaban J connectivity index is 2.37. The number of alkyl halides is 1. The quantitative estimate of drug-likeness (QED) is 0.731. The minimum absolute atomic E-state index is 0.145. The third kappa shape index (κ3) is 3.80. The zero-order valence-electron chi connectivity index (χ0n) is 6.90. The first-order valence-electron chi connectivity index (χ1n) is 3.82. The second-order valence-corrected chi connectivity index (χ2v) is 2.68. The van der Waals surface area contributed by atoms with Gasteiger partial charge in [-0.15, -0.1) is 16.7 Å². The summed E-state index contributed by atoms with van der Waals surface area (Å²) in [6.07, 6.45) is 3.92. The Morgan fingerprint density at radius 2 is 2.38 bits per heavy atom. The maximum Gasteiger partial charge on any atom is 0.249 e. The first kappa shape index (κ1) is 9.85. The van der Waals surface area contributed by atoms with Crippen molar-refractivity contribution in [1.82, 2.24) is 15.2 Å². The zero-order valence-corrected chi connectivity index (χ0v) is 7.66. The summed E-state index contributed by atoms with van der Waals surface area (Å²) in [5, 5.41) is 9.66. The van der Waals surface area contributed by atoms with E-state index in [0.717, 1.165) is 0 Å². The van der Waals surface area contributed by atoms with E-state index in [0.29, 0.717) is 18.7 Å². The molecular weight excluding hydrogens is 192 g/mol. The molecule has 1 aromatic heterocycles. The standard InChI is InChI=1S/C7H9ClN4O/c8-3-1-2-6(13)11-7-9-4-5-10-12-7/h4-5H,1-3H2,(H,9,11,12,13). The van der Waals surface area contributed by atoms with Crippen molar-refractivity contribution >= 4 is 23.5 Å². The number of halogens is 1. The lowest BCUT2D eigenvalue weighted by atomic mass is 10.3. The molecular formula is C7H9ClN4O. The molecule has 70 valence electrons. The van der Waals surface area contributed by atoms with Crippen molar-refractivity contribution in [3.63, 3.8) is 0 Å². The molecule has 1 amide bonds. The summed E-state index contributed by atoms with van der Waals surface area (Å²) in [4.78, 5) is 14.9. The Bertz CT molecular complexity index is 266. The second-order valence-electron chi connectivity index (χ2n) is 2.31. The number of nitrogens with zero attached hydrogens (tertiary/aromatic N) is 3. The van der Waals surface area contributed by atoms with E-state index >= 15 is 0 Å². The summed E-state index contributed by atoms with van der Waals surface area (Å²) < 4.78 is 0. The minimum Gasteiger partial charge on any atom is -0.293 e. The van der Waals surface area contributed by atoms with E-state index < -0.39 is 0 Å². The minimum atomic E-state index is -0.145. The smallest absolute Gasteiger partial charge is 0.249 e. The van der Waals surface area contributed by atoms with Crippen LogP contribution in [0.1, 0.15) is 12.8 Å². The van der Waals surface area contributed by atoms with E-state index in [1.807, 2.05) is 0 Å². The average molecular weight is 201 g/mol. The summed E-state index contributed by atoms with van der Waals surface area (Å²) in [6.45, 7) is 0. The highest BCUT2D eigenvalue weighted by molar-refractivity contribution is 6.18. The lowest BCUT2D eigenvalue weighted by Gasteiger charge is -1.99. The van der Waals surface area contributed by atoms with Gasteiger partial charge in [0, 0.05) is 12.3 Å². The number of amides is 1. The molecule has 0 aromatic carbocycles. The highest BCUT2D eigenvalue weighted by atomic mass is 35.5. The molecule has 0 spiro atoms. The number of nitrogens with one attached hydrogen (secondary N) is 1. The van der Waals surface area contributed by atoms with Crippen LogP contribution in [0.3, 0.4) is 0 Å². The van der Waals surface area contributed by atoms with Crippen LogP contribution in [0, 0.1) is 0 Å². The zero-order chi connectivity index (χ0) is 9.52. The summed E-state index contributed by atoms with van der Waals surface area (Å²) in [6, 6.07) is 0. The van der Waals surface area contributed by atoms with Crippen molar-refractivity contribution < 1.29 is 4.79 Å². The summed E-state index contributed by atoms with van der Waals surface area (Å²) in [7, 11) is 0. The molecule has 0 saturated carbocycles. The molecule has 0 aliphatic rings. The third-order valence-corrected chi connectivity index (χ3v) is 1.54. The predicted molar refractivity (Wildman–Crippen MR) is 48.4 cm³/mol. The first-order chi connectivity index (χ1) is 6.33. The number of rotatable bonds is 4. The predicted octanol–water partition coefficient (Wildman–Crippen LogP) is 0.829. The Kier molecular flexibility index (Phi) is 4.11. The van der Waals surface area contributed by atoms with Crippen LogP contribution in [-0.2, 0) is 4.79 Å². The van der Waals surface area contributed by atoms with Crippen LogP contribution >= 0.6 is 11.6 Å². The van der Waals surface area contributed by atoms with Gasteiger partial charge in [0.15, 0.2) is 0 Å². The van der Waals surface area contributed by atoms with Gasteiger partial charge in [-0.05, 0) is 6.42 Å². The van der Waals surface area contributed by atoms with E-state index in [4.69, 9.17) is 11.6 Å². The molecule has 1 N–H and O–H groups in total. The Morgan fingerprint density at radius 1 is 1.54 bits per heavy atom. The van der Waals surface area contributed by atoms with E-state index in [1.165, 1.54) is 12.4 Å². The topological polar surface area (TPSA) is 67.8 Å². The highest BCUT2D eigenvalue weighted by Crippen LogP contribution is 1.97. The number of anilines is 1. The van der Waals surface area contributed by atoms with Crippen LogP contribution in [0.25, 0.3) is 0 Å². The van der Waals surface area contributed by atoms with Crippen molar-refractivity contribution in [3.05, 3.63) is 12.4 Å². The van der Waals surface area contributed by atoms with Gasteiger partial charge in [0.05, 0.1) is 12.4 Å². The van der Waals surface area contributed by atoms with Crippen molar-refractivity contribution in [2.45, 2.75) is 12.8 Å². The molecule has 5 nitrogen and oxygen atoms in total. The molecule has 1 heterocycles. The van der Waals surface area contributed by atoms with Crippen LogP contribution in [0.5, 0.6) is 0 Å². The van der Waals surface area contributed by atoms with E-state index in [-0.39, 0.29) is 11.9 Å². The van der Waals surface area contributed by atoms with Gasteiger partial charge in [-0.1, -0.05) is 0 Å². The van der Waals surface area contributed by atoms with Crippen LogP contribution < -0.4 is 5.32 Å². The van der Waals surface area contributed by atoms with Gasteiger partial charge in [-0.3, -0.25) is 10.1 Å². The summed E-state index contributed by atoms with van der Waals surface area (Å²) in [5.41, 5.74) is 0. The van der Waals surface area contributed by atoms with Gasteiger partial charge >= 0.3 is 0 Å². The number of hydrogen-bond donors (Lipinski definition) is 1. The molecule has 0 unspecified atom stereocenters. The normalized spacial score (nSPS) is 9.62. The van der Waals surface area contributed by atoms with Gasteiger partial charge in [0.1, 0.15) is 0 Å². The van der Waals surface area contributed by atoms with Gasteiger partial charge in [0.25, 0.3) is 0 Å². The molecule has 1 aromatic rings. The largest absolute Gasteiger partial charge is 0.293 e. The van der Waals surface area contributed by atoms with Crippen LogP contribution in [-0.4, -0.2) is 27.0 Å². The number of hydrogen-bond acceptors (Lipinski definition) is 4. The van der Waals surface area contributed by atoms with Crippen molar-refractivity contribution in [2.24, 2.45) is 0 Å². The molecule has 0 atom stereocenters. The third-order valence-electron chi connectivity index (χ3n) is 1.27. The molecule has 13 heavy (non-hydrogen) atoms. The fraction of sp³-hybridized carbons (Fsp3) is 0.429. The summed E-state index contributed by atoms with van der Waals surface area (Å²) in [5.74, 6) is 0.553. The summed E-state index contributed by atoms with van der Waals surface area (Å²) >= 11 is 5.42. The lowest BCUT2D eigenvalue weighted by Crippen LogP contribution is -2.13. The van der Waals surface area contributed by atoms with E-state index in [2.05, 4.69) is 20.5 Å². The molecule has 0 aliphatic heterocycles. The fourth-order valence-electron chi connectivity index (χ4n) is 0.719. The van der Waals surface area contributed by atoms with Gasteiger partial charge < -0.3 is 0 Å². The van der Waals surface area contributed by atoms with Crippen LogP contribution in [0.2, 0.25) is 0 Å². The number of carbonyl (C=O) groups excluding carboxylic acids is 1. The molecule has 0 radical (unpaired) electrons. The Morgan fingerprint density at radius 3 is 3.00 bits per heavy atom. The molecule has 1 rings (SSSR count). The number of aromatic nitrogens is 3. The molecule has 6 heteroatoms. The molecule has 0 fully saturated rings. The molecule has 0 aliphatic carbocycles. The SMILES string of the molecule is O=C(CCCCl)Nc1nccnn1. The maximum atomic E-state index is 11.1. The monoisotopic (exact) mass is 200 g/mol. The Hall–Kier alpha value is -1.23. The maximum absolute atomic E-state index is 11.1. The second kappa shape index (κ2) is 5.42. The molecule has 0 bridgehead atoms. The average Bonchev–Trinajstić information content (AvgIpc) is 2.16. The Labute approximate surface area is 80.5 Å². The van der Waals surface area contributed by atoms with Crippen molar-refractivity contribution in [3.8, 4) is 0 Å². The first-order valence-corrected chi connectivity index (χ1v) is 4.36. The van der Waals surface area contributed by atoms with Crippen molar-refractivity contribution in [1.29, 1.82) is 0 Å². The van der Waals surface area contributed by atoms with Crippen LogP contribution in [0.15, 0.2) is 12.4 Å².